The largest absolute Gasteiger partial charge is 0.378 e. The minimum absolute atomic E-state index is 0. The second-order valence-corrected chi connectivity index (χ2v) is 5.71. The second kappa shape index (κ2) is 9.98. The van der Waals surface area contributed by atoms with Crippen molar-refractivity contribution in [1.29, 1.82) is 0 Å². The summed E-state index contributed by atoms with van der Waals surface area (Å²) in [5, 5.41) is 6.37. The summed E-state index contributed by atoms with van der Waals surface area (Å²) in [5.41, 5.74) is 1.23. The molecule has 1 aromatic rings. The van der Waals surface area contributed by atoms with E-state index >= 15 is 0 Å². The Morgan fingerprint density at radius 2 is 2.04 bits per heavy atom. The van der Waals surface area contributed by atoms with Crippen LogP contribution in [0.3, 0.4) is 0 Å². The summed E-state index contributed by atoms with van der Waals surface area (Å²) in [7, 11) is 0. The number of amides is 1. The third-order valence-electron chi connectivity index (χ3n) is 4.13. The fraction of sp³-hybridized carbons (Fsp3) is 0.562. The lowest BCUT2D eigenvalue weighted by molar-refractivity contribution is -0.126. The first kappa shape index (κ1) is 20.0. The van der Waals surface area contributed by atoms with E-state index in [9.17, 15) is 4.79 Å². The van der Waals surface area contributed by atoms with Crippen molar-refractivity contribution in [3.05, 3.63) is 30.3 Å². The summed E-state index contributed by atoms with van der Waals surface area (Å²) in [6.45, 7) is 3.85. The third-order valence-corrected chi connectivity index (χ3v) is 4.13. The number of rotatable bonds is 3. The van der Waals surface area contributed by atoms with Crippen LogP contribution in [0.15, 0.2) is 30.3 Å². The van der Waals surface area contributed by atoms with Gasteiger partial charge in [0.2, 0.25) is 5.91 Å². The fourth-order valence-electron chi connectivity index (χ4n) is 3.00. The van der Waals surface area contributed by atoms with Crippen LogP contribution < -0.4 is 15.5 Å². The van der Waals surface area contributed by atoms with Crippen molar-refractivity contribution < 1.29 is 9.53 Å². The molecule has 2 aliphatic heterocycles. The van der Waals surface area contributed by atoms with Gasteiger partial charge in [0.15, 0.2) is 0 Å². The predicted molar refractivity (Wildman–Crippen MR) is 96.9 cm³/mol. The van der Waals surface area contributed by atoms with Crippen molar-refractivity contribution in [2.75, 3.05) is 37.7 Å². The number of nitrogens with one attached hydrogen (secondary N) is 2. The van der Waals surface area contributed by atoms with Crippen LogP contribution in [0, 0.1) is 0 Å². The van der Waals surface area contributed by atoms with E-state index < -0.39 is 0 Å². The molecule has 5 nitrogen and oxygen atoms in total. The van der Waals surface area contributed by atoms with Gasteiger partial charge in [0, 0.05) is 31.4 Å². The summed E-state index contributed by atoms with van der Waals surface area (Å²) in [4.78, 5) is 14.6. The molecule has 23 heavy (non-hydrogen) atoms. The zero-order valence-electron chi connectivity index (χ0n) is 13.1. The maximum Gasteiger partial charge on any atom is 0.239 e. The minimum atomic E-state index is -0.203. The highest BCUT2D eigenvalue weighted by atomic mass is 35.5. The topological polar surface area (TPSA) is 53.6 Å². The Hall–Kier alpha value is -1.01. The van der Waals surface area contributed by atoms with Gasteiger partial charge < -0.3 is 20.3 Å². The monoisotopic (exact) mass is 361 g/mol. The molecule has 2 fully saturated rings. The predicted octanol–water partition coefficient (Wildman–Crippen LogP) is 1.60. The summed E-state index contributed by atoms with van der Waals surface area (Å²) in [5.74, 6) is 0.0645. The number of benzene rings is 1. The van der Waals surface area contributed by atoms with Crippen molar-refractivity contribution in [2.24, 2.45) is 0 Å². The lowest BCUT2D eigenvalue weighted by Crippen LogP contribution is -2.56. The van der Waals surface area contributed by atoms with Crippen molar-refractivity contribution >= 4 is 36.4 Å². The molecule has 7 heteroatoms. The molecule has 3 rings (SSSR count). The van der Waals surface area contributed by atoms with Gasteiger partial charge in [0.1, 0.15) is 6.04 Å². The van der Waals surface area contributed by atoms with Gasteiger partial charge >= 0.3 is 0 Å². The van der Waals surface area contributed by atoms with Crippen LogP contribution in [0.5, 0.6) is 0 Å². The molecule has 2 N–H and O–H groups in total. The molecule has 0 aromatic heterocycles. The highest BCUT2D eigenvalue weighted by Gasteiger charge is 2.26. The number of carbonyl (C=O) groups is 1. The van der Waals surface area contributed by atoms with Crippen LogP contribution in [0.1, 0.15) is 12.8 Å². The highest BCUT2D eigenvalue weighted by molar-refractivity contribution is 5.85. The number of hydrogen-bond donors (Lipinski definition) is 2. The van der Waals surface area contributed by atoms with Gasteiger partial charge in [-0.1, -0.05) is 18.2 Å². The quantitative estimate of drug-likeness (QED) is 0.858. The highest BCUT2D eigenvalue weighted by Crippen LogP contribution is 2.19. The first-order chi connectivity index (χ1) is 10.3. The molecule has 0 radical (unpaired) electrons. The number of nitrogens with zero attached hydrogens (tertiary/aromatic N) is 1. The molecule has 0 aliphatic carbocycles. The molecule has 1 amide bonds. The van der Waals surface area contributed by atoms with Gasteiger partial charge in [-0.15, -0.1) is 24.8 Å². The van der Waals surface area contributed by atoms with Crippen LogP contribution in [0.2, 0.25) is 0 Å². The van der Waals surface area contributed by atoms with E-state index in [1.807, 2.05) is 6.07 Å². The minimum Gasteiger partial charge on any atom is -0.378 e. The Morgan fingerprint density at radius 3 is 2.74 bits per heavy atom. The van der Waals surface area contributed by atoms with E-state index in [0.717, 1.165) is 32.5 Å². The Balaban J connectivity index is 0.00000132. The van der Waals surface area contributed by atoms with Crippen LogP contribution in [-0.4, -0.2) is 50.8 Å². The molecule has 0 spiro atoms. The zero-order chi connectivity index (χ0) is 14.5. The van der Waals surface area contributed by atoms with Crippen LogP contribution in [0.4, 0.5) is 5.69 Å². The van der Waals surface area contributed by atoms with Crippen LogP contribution in [0.25, 0.3) is 0 Å². The average Bonchev–Trinajstić information content (AvgIpc) is 2.57. The number of piperidine rings is 1. The number of hydrogen-bond acceptors (Lipinski definition) is 4. The lowest BCUT2D eigenvalue weighted by atomic mass is 10.0. The maximum absolute atomic E-state index is 12.2. The van der Waals surface area contributed by atoms with Gasteiger partial charge in [-0.05, 0) is 25.0 Å². The molecule has 2 heterocycles. The molecule has 1 aromatic carbocycles. The molecule has 130 valence electrons. The summed E-state index contributed by atoms with van der Waals surface area (Å²) >= 11 is 0. The van der Waals surface area contributed by atoms with E-state index in [1.165, 1.54) is 5.69 Å². The first-order valence-electron chi connectivity index (χ1n) is 7.74. The van der Waals surface area contributed by atoms with Gasteiger partial charge in [-0.2, -0.15) is 0 Å². The van der Waals surface area contributed by atoms with E-state index in [2.05, 4.69) is 39.8 Å². The number of halogens is 2. The Labute approximate surface area is 150 Å². The van der Waals surface area contributed by atoms with Gasteiger partial charge in [-0.3, -0.25) is 4.79 Å². The number of para-hydroxylation sites is 1. The SMILES string of the molecule is Cl.Cl.O=C(NC1CCCN(c2ccccc2)C1)C1COCCN1. The Bertz CT molecular complexity index is 470. The van der Waals surface area contributed by atoms with Crippen molar-refractivity contribution in [3.63, 3.8) is 0 Å². The van der Waals surface area contributed by atoms with Crippen LogP contribution >= 0.6 is 24.8 Å². The standard InChI is InChI=1S/C16H23N3O2.2ClH/c20-16(15-12-21-10-8-17-15)18-13-5-4-9-19(11-13)14-6-2-1-3-7-14;;/h1-3,6-7,13,15,17H,4-5,8-12H2,(H,18,20);2*1H. The molecule has 2 saturated heterocycles. The van der Waals surface area contributed by atoms with Gasteiger partial charge in [0.25, 0.3) is 0 Å². The van der Waals surface area contributed by atoms with Crippen molar-refractivity contribution in [1.82, 2.24) is 10.6 Å². The van der Waals surface area contributed by atoms with E-state index in [0.29, 0.717) is 13.2 Å². The molecule has 2 atom stereocenters. The average molecular weight is 362 g/mol. The summed E-state index contributed by atoms with van der Waals surface area (Å²) in [6.07, 6.45) is 2.15. The molecular formula is C16H25Cl2N3O2. The van der Waals surface area contributed by atoms with E-state index in [-0.39, 0.29) is 42.8 Å². The molecule has 0 bridgehead atoms. The third kappa shape index (κ3) is 5.53. The van der Waals surface area contributed by atoms with Crippen molar-refractivity contribution in [3.8, 4) is 0 Å². The number of ether oxygens (including phenoxy) is 1. The molecule has 2 aliphatic rings. The Morgan fingerprint density at radius 1 is 1.26 bits per heavy atom. The maximum atomic E-state index is 12.2. The van der Waals surface area contributed by atoms with Crippen molar-refractivity contribution in [2.45, 2.75) is 24.9 Å². The number of anilines is 1. The summed E-state index contributed by atoms with van der Waals surface area (Å²) < 4.78 is 5.35. The first-order valence-corrected chi connectivity index (χ1v) is 7.74. The summed E-state index contributed by atoms with van der Waals surface area (Å²) in [6, 6.07) is 10.4. The zero-order valence-corrected chi connectivity index (χ0v) is 14.7. The molecule has 2 unspecified atom stereocenters. The number of morpholine rings is 1. The molecular weight excluding hydrogens is 337 g/mol. The lowest BCUT2D eigenvalue weighted by Gasteiger charge is -2.35. The fourth-order valence-corrected chi connectivity index (χ4v) is 3.00. The van der Waals surface area contributed by atoms with E-state index in [1.54, 1.807) is 0 Å². The van der Waals surface area contributed by atoms with E-state index in [4.69, 9.17) is 4.74 Å². The van der Waals surface area contributed by atoms with Gasteiger partial charge in [0.05, 0.1) is 13.2 Å². The van der Waals surface area contributed by atoms with Gasteiger partial charge in [-0.25, -0.2) is 0 Å². The Kier molecular flexibility index (Phi) is 8.69. The van der Waals surface area contributed by atoms with Crippen LogP contribution in [-0.2, 0) is 9.53 Å². The second-order valence-electron chi connectivity index (χ2n) is 5.71. The normalized spacial score (nSPS) is 24.1. The number of carbonyl (C=O) groups excluding carboxylic acids is 1. The molecule has 0 saturated carbocycles. The smallest absolute Gasteiger partial charge is 0.239 e.